The van der Waals surface area contributed by atoms with E-state index in [1.54, 1.807) is 78.9 Å². The van der Waals surface area contributed by atoms with Crippen molar-refractivity contribution in [3.8, 4) is 23.0 Å². The molecule has 0 fully saturated rings. The van der Waals surface area contributed by atoms with E-state index >= 15 is 0 Å². The third kappa shape index (κ3) is 5.11. The Morgan fingerprint density at radius 1 is 0.750 bits per heavy atom. The molecule has 6 nitrogen and oxygen atoms in total. The Hall–Kier alpha value is -3.74. The van der Waals surface area contributed by atoms with E-state index in [0.717, 1.165) is 4.73 Å². The third-order valence-corrected chi connectivity index (χ3v) is 4.82. The molecule has 1 N–H and O–H groups in total. The lowest BCUT2D eigenvalue weighted by Crippen LogP contribution is -2.19. The van der Waals surface area contributed by atoms with Crippen LogP contribution in [0.3, 0.4) is 0 Å². The van der Waals surface area contributed by atoms with E-state index in [1.807, 2.05) is 0 Å². The molecule has 0 atom stereocenters. The van der Waals surface area contributed by atoms with Gasteiger partial charge in [-0.05, 0) is 72.8 Å². The summed E-state index contributed by atoms with van der Waals surface area (Å²) >= 11 is 11.9. The topological polar surface area (TPSA) is 73.1 Å². The molecule has 0 aliphatic carbocycles. The van der Waals surface area contributed by atoms with Crippen molar-refractivity contribution in [1.82, 2.24) is 4.73 Å². The smallest absolute Gasteiger partial charge is 0.286 e. The first-order chi connectivity index (χ1) is 15.5. The number of pyridine rings is 1. The zero-order valence-electron chi connectivity index (χ0n) is 16.5. The summed E-state index contributed by atoms with van der Waals surface area (Å²) in [5.74, 6) is 0.751. The van der Waals surface area contributed by atoms with Gasteiger partial charge in [0, 0.05) is 16.2 Å². The molecule has 0 aliphatic heterocycles. The quantitative estimate of drug-likeness (QED) is 0.347. The van der Waals surface area contributed by atoms with E-state index in [1.165, 1.54) is 12.3 Å². The standard InChI is InChI=1S/C24H16Cl2N2O4/c25-16-7-11-18(12-8-16)31-20-4-3-5-21(32-19-13-9-17(26)10-14-19)23(20)24(29)27-22-6-1-2-15-28(22)30/h1-15,30H. The molecular formula is C24H16Cl2N2O4. The van der Waals surface area contributed by atoms with Gasteiger partial charge in [0.15, 0.2) is 5.49 Å². The van der Waals surface area contributed by atoms with Gasteiger partial charge >= 0.3 is 0 Å². The monoisotopic (exact) mass is 466 g/mol. The molecule has 0 saturated heterocycles. The van der Waals surface area contributed by atoms with Crippen LogP contribution in [0, 0.1) is 0 Å². The van der Waals surface area contributed by atoms with Crippen molar-refractivity contribution < 1.29 is 19.5 Å². The summed E-state index contributed by atoms with van der Waals surface area (Å²) in [6.45, 7) is 0. The number of hydrogen-bond acceptors (Lipinski definition) is 4. The van der Waals surface area contributed by atoms with Crippen LogP contribution in [0.2, 0.25) is 10.0 Å². The molecule has 160 valence electrons. The van der Waals surface area contributed by atoms with Crippen molar-refractivity contribution >= 4 is 29.1 Å². The van der Waals surface area contributed by atoms with Gasteiger partial charge in [0.05, 0.1) is 0 Å². The largest absolute Gasteiger partial charge is 0.456 e. The van der Waals surface area contributed by atoms with Crippen LogP contribution < -0.4 is 15.0 Å². The molecule has 0 radical (unpaired) electrons. The van der Waals surface area contributed by atoms with E-state index in [0.29, 0.717) is 21.5 Å². The molecule has 4 aromatic rings. The number of ether oxygens (including phenoxy) is 2. The molecule has 0 bridgehead atoms. The van der Waals surface area contributed by atoms with Gasteiger partial charge in [-0.15, -0.1) is 0 Å². The van der Waals surface area contributed by atoms with Crippen molar-refractivity contribution in [3.05, 3.63) is 112 Å². The van der Waals surface area contributed by atoms with Crippen LogP contribution in [-0.4, -0.2) is 15.8 Å². The summed E-state index contributed by atoms with van der Waals surface area (Å²) < 4.78 is 12.6. The molecule has 8 heteroatoms. The predicted octanol–water partition coefficient (Wildman–Crippen LogP) is 6.36. The zero-order chi connectivity index (χ0) is 22.5. The predicted molar refractivity (Wildman–Crippen MR) is 121 cm³/mol. The van der Waals surface area contributed by atoms with Crippen LogP contribution in [0.5, 0.6) is 23.0 Å². The minimum atomic E-state index is -0.660. The van der Waals surface area contributed by atoms with Crippen molar-refractivity contribution in [1.29, 1.82) is 0 Å². The second-order valence-electron chi connectivity index (χ2n) is 6.56. The molecule has 1 amide bonds. The fourth-order valence-electron chi connectivity index (χ4n) is 2.83. The number of aromatic nitrogens is 1. The average Bonchev–Trinajstić information content (AvgIpc) is 2.78. The van der Waals surface area contributed by atoms with Gasteiger partial charge in [0.1, 0.15) is 28.6 Å². The first-order valence-corrected chi connectivity index (χ1v) is 10.2. The van der Waals surface area contributed by atoms with Gasteiger partial charge in [-0.1, -0.05) is 35.3 Å². The van der Waals surface area contributed by atoms with Crippen molar-refractivity contribution in [2.24, 2.45) is 4.99 Å². The van der Waals surface area contributed by atoms with Gasteiger partial charge in [-0.3, -0.25) is 4.79 Å². The Morgan fingerprint density at radius 3 is 1.78 bits per heavy atom. The SMILES string of the molecule is O=C(N=c1ccccn1O)c1c(Oc2ccc(Cl)cc2)cccc1Oc1ccc(Cl)cc1. The zero-order valence-corrected chi connectivity index (χ0v) is 18.0. The first-order valence-electron chi connectivity index (χ1n) is 9.45. The van der Waals surface area contributed by atoms with Gasteiger partial charge in [0.25, 0.3) is 5.91 Å². The van der Waals surface area contributed by atoms with Crippen LogP contribution >= 0.6 is 23.2 Å². The normalized spacial score (nSPS) is 11.2. The Labute approximate surface area is 193 Å². The minimum absolute atomic E-state index is 0.0521. The van der Waals surface area contributed by atoms with E-state index in [2.05, 4.69) is 4.99 Å². The number of rotatable bonds is 5. The van der Waals surface area contributed by atoms with Gasteiger partial charge in [0.2, 0.25) is 0 Å². The molecule has 32 heavy (non-hydrogen) atoms. The Balaban J connectivity index is 1.79. The number of nitrogens with zero attached hydrogens (tertiary/aromatic N) is 2. The average molecular weight is 467 g/mol. The Bertz CT molecular complexity index is 1250. The summed E-state index contributed by atoms with van der Waals surface area (Å²) in [5, 5.41) is 11.1. The fraction of sp³-hybridized carbons (Fsp3) is 0. The Morgan fingerprint density at radius 2 is 1.28 bits per heavy atom. The van der Waals surface area contributed by atoms with E-state index < -0.39 is 5.91 Å². The lowest BCUT2D eigenvalue weighted by Gasteiger charge is -2.14. The highest BCUT2D eigenvalue weighted by Crippen LogP contribution is 2.35. The molecule has 0 aliphatic rings. The second kappa shape index (κ2) is 9.60. The maximum absolute atomic E-state index is 13.2. The molecular weight excluding hydrogens is 451 g/mol. The highest BCUT2D eigenvalue weighted by atomic mass is 35.5. The number of carbonyl (C=O) groups is 1. The third-order valence-electron chi connectivity index (χ3n) is 4.32. The lowest BCUT2D eigenvalue weighted by atomic mass is 10.1. The minimum Gasteiger partial charge on any atom is -0.456 e. The summed E-state index contributed by atoms with van der Waals surface area (Å²) in [6, 6.07) is 23.1. The maximum atomic E-state index is 13.2. The molecule has 0 saturated carbocycles. The van der Waals surface area contributed by atoms with E-state index in [4.69, 9.17) is 32.7 Å². The molecule has 3 aromatic carbocycles. The van der Waals surface area contributed by atoms with Crippen molar-refractivity contribution in [2.75, 3.05) is 0 Å². The van der Waals surface area contributed by atoms with Crippen LogP contribution in [-0.2, 0) is 0 Å². The maximum Gasteiger partial charge on any atom is 0.286 e. The van der Waals surface area contributed by atoms with E-state index in [9.17, 15) is 10.0 Å². The summed E-state index contributed by atoms with van der Waals surface area (Å²) in [4.78, 5) is 17.2. The second-order valence-corrected chi connectivity index (χ2v) is 7.43. The van der Waals surface area contributed by atoms with E-state index in [-0.39, 0.29) is 22.6 Å². The number of amides is 1. The highest BCUT2D eigenvalue weighted by Gasteiger charge is 2.20. The first kappa shape index (κ1) is 21.5. The number of benzene rings is 3. The summed E-state index contributed by atoms with van der Waals surface area (Å²) in [6.07, 6.45) is 1.37. The number of halogens is 2. The van der Waals surface area contributed by atoms with Crippen LogP contribution in [0.15, 0.2) is 96.1 Å². The van der Waals surface area contributed by atoms with Crippen LogP contribution in [0.1, 0.15) is 10.4 Å². The lowest BCUT2D eigenvalue weighted by molar-refractivity contribution is 0.0983. The molecule has 1 aromatic heterocycles. The number of carbonyl (C=O) groups excluding carboxylic acids is 1. The van der Waals surface area contributed by atoms with Crippen molar-refractivity contribution in [3.63, 3.8) is 0 Å². The highest BCUT2D eigenvalue weighted by molar-refractivity contribution is 6.30. The fourth-order valence-corrected chi connectivity index (χ4v) is 3.08. The van der Waals surface area contributed by atoms with Gasteiger partial charge in [-0.2, -0.15) is 9.72 Å². The summed E-state index contributed by atoms with van der Waals surface area (Å²) in [7, 11) is 0. The van der Waals surface area contributed by atoms with Gasteiger partial charge in [-0.25, -0.2) is 0 Å². The van der Waals surface area contributed by atoms with Crippen LogP contribution in [0.4, 0.5) is 0 Å². The summed E-state index contributed by atoms with van der Waals surface area (Å²) in [5.41, 5.74) is 0.137. The molecule has 0 unspecified atom stereocenters. The van der Waals surface area contributed by atoms with Crippen molar-refractivity contribution in [2.45, 2.75) is 0 Å². The van der Waals surface area contributed by atoms with Gasteiger partial charge < -0.3 is 14.7 Å². The van der Waals surface area contributed by atoms with Crippen LogP contribution in [0.25, 0.3) is 0 Å². The number of hydrogen-bond donors (Lipinski definition) is 1. The Kier molecular flexibility index (Phi) is 6.44. The molecule has 1 heterocycles. The molecule has 0 spiro atoms. The molecule has 4 rings (SSSR count).